The maximum atomic E-state index is 11.9. The molecule has 0 aliphatic rings. The molecule has 0 atom stereocenters. The Bertz CT molecular complexity index is 822. The van der Waals surface area contributed by atoms with Gasteiger partial charge in [0.25, 0.3) is 5.56 Å². The van der Waals surface area contributed by atoms with Crippen LogP contribution in [0.4, 0.5) is 0 Å². The summed E-state index contributed by atoms with van der Waals surface area (Å²) in [4.78, 5) is 20.8. The van der Waals surface area contributed by atoms with Gasteiger partial charge in [0.15, 0.2) is 4.34 Å². The number of hydrogen-bond donors (Lipinski definition) is 1. The van der Waals surface area contributed by atoms with Crippen LogP contribution in [0.5, 0.6) is 0 Å². The number of aromatic amines is 1. The summed E-state index contributed by atoms with van der Waals surface area (Å²) >= 11 is 8.42. The normalized spacial score (nSPS) is 11.3. The van der Waals surface area contributed by atoms with Crippen molar-refractivity contribution in [1.29, 1.82) is 0 Å². The van der Waals surface area contributed by atoms with Crippen LogP contribution in [0.1, 0.15) is 11.5 Å². The number of rotatable bonds is 2. The Morgan fingerprint density at radius 2 is 2.16 bits per heavy atom. The molecule has 0 unspecified atom stereocenters. The molecule has 0 spiro atoms. The maximum absolute atomic E-state index is 11.9. The molecule has 3 heterocycles. The minimum absolute atomic E-state index is 0.0908. The maximum Gasteiger partial charge on any atom is 0.294 e. The van der Waals surface area contributed by atoms with Crippen LogP contribution in [-0.2, 0) is 0 Å². The van der Waals surface area contributed by atoms with E-state index >= 15 is 0 Å². The predicted octanol–water partition coefficient (Wildman–Crippen LogP) is 1.69. The van der Waals surface area contributed by atoms with Gasteiger partial charge in [-0.05, 0) is 25.6 Å². The minimum atomic E-state index is -0.363. The Morgan fingerprint density at radius 3 is 2.84 bits per heavy atom. The first kappa shape index (κ1) is 12.6. The molecule has 19 heavy (non-hydrogen) atoms. The third kappa shape index (κ3) is 2.24. The molecule has 0 radical (unpaired) electrons. The minimum Gasteiger partial charge on any atom is -0.266 e. The van der Waals surface area contributed by atoms with E-state index < -0.39 is 0 Å². The summed E-state index contributed by atoms with van der Waals surface area (Å²) in [6.07, 6.45) is 0. The lowest BCUT2D eigenvalue weighted by Gasteiger charge is -1.94. The number of aromatic nitrogens is 6. The van der Waals surface area contributed by atoms with Gasteiger partial charge < -0.3 is 0 Å². The molecule has 0 aliphatic carbocycles. The monoisotopic (exact) mass is 314 g/mol. The summed E-state index contributed by atoms with van der Waals surface area (Å²) in [6.45, 7) is 3.50. The molecule has 1 N–H and O–H groups in total. The summed E-state index contributed by atoms with van der Waals surface area (Å²) in [5.74, 6) is 0.720. The fraction of sp³-hybridized carbons (Fsp3) is 0.222. The Kier molecular flexibility index (Phi) is 3.03. The number of H-pyrrole nitrogens is 1. The van der Waals surface area contributed by atoms with Crippen molar-refractivity contribution in [3.63, 3.8) is 0 Å². The highest BCUT2D eigenvalue weighted by Crippen LogP contribution is 2.28. The van der Waals surface area contributed by atoms with E-state index in [0.717, 1.165) is 5.82 Å². The molecule has 0 aromatic carbocycles. The zero-order chi connectivity index (χ0) is 13.6. The van der Waals surface area contributed by atoms with Gasteiger partial charge in [0.05, 0.1) is 5.69 Å². The van der Waals surface area contributed by atoms with Crippen LogP contribution in [0.25, 0.3) is 4.96 Å². The summed E-state index contributed by atoms with van der Waals surface area (Å²) in [6, 6.07) is 0. The lowest BCUT2D eigenvalue weighted by atomic mass is 10.4. The first-order valence-electron chi connectivity index (χ1n) is 5.17. The molecule has 0 bridgehead atoms. The van der Waals surface area contributed by atoms with E-state index in [2.05, 4.69) is 25.3 Å². The number of nitrogens with zero attached hydrogens (tertiary/aromatic N) is 5. The Morgan fingerprint density at radius 1 is 1.37 bits per heavy atom. The van der Waals surface area contributed by atoms with Crippen LogP contribution in [-0.4, -0.2) is 29.8 Å². The Hall–Kier alpha value is -1.45. The first-order chi connectivity index (χ1) is 9.04. The second-order valence-electron chi connectivity index (χ2n) is 3.68. The number of nitrogens with one attached hydrogen (secondary N) is 1. The molecule has 7 nitrogen and oxygen atoms in total. The van der Waals surface area contributed by atoms with Crippen molar-refractivity contribution in [1.82, 2.24) is 29.8 Å². The Labute approximate surface area is 120 Å². The molecular weight excluding hydrogens is 308 g/mol. The van der Waals surface area contributed by atoms with Crippen LogP contribution in [0.15, 0.2) is 14.3 Å². The van der Waals surface area contributed by atoms with Crippen LogP contribution >= 0.6 is 34.7 Å². The summed E-state index contributed by atoms with van der Waals surface area (Å²) < 4.78 is 1.83. The van der Waals surface area contributed by atoms with Gasteiger partial charge in [-0.25, -0.2) is 9.97 Å². The molecule has 3 rings (SSSR count). The van der Waals surface area contributed by atoms with Crippen molar-refractivity contribution in [2.24, 2.45) is 0 Å². The van der Waals surface area contributed by atoms with Crippen molar-refractivity contribution in [3.8, 4) is 0 Å². The molecule has 10 heteroatoms. The molecule has 0 amide bonds. The molecular formula is C9H7ClN6OS2. The highest BCUT2D eigenvalue weighted by Gasteiger charge is 2.14. The second-order valence-corrected chi connectivity index (χ2v) is 6.23. The van der Waals surface area contributed by atoms with Gasteiger partial charge in [-0.15, -0.1) is 10.2 Å². The number of aryl methyl sites for hydroxylation is 2. The average molecular weight is 315 g/mol. The molecule has 3 aromatic heterocycles. The highest BCUT2D eigenvalue weighted by atomic mass is 35.5. The van der Waals surface area contributed by atoms with Gasteiger partial charge >= 0.3 is 0 Å². The van der Waals surface area contributed by atoms with E-state index in [9.17, 15) is 4.79 Å². The smallest absolute Gasteiger partial charge is 0.266 e. The van der Waals surface area contributed by atoms with E-state index in [0.29, 0.717) is 20.2 Å². The molecule has 3 aromatic rings. The van der Waals surface area contributed by atoms with Crippen molar-refractivity contribution < 1.29 is 0 Å². The molecule has 0 saturated heterocycles. The largest absolute Gasteiger partial charge is 0.294 e. The quantitative estimate of drug-likeness (QED) is 0.774. The van der Waals surface area contributed by atoms with E-state index in [1.54, 1.807) is 6.92 Å². The average Bonchev–Trinajstić information content (AvgIpc) is 2.93. The van der Waals surface area contributed by atoms with Gasteiger partial charge in [-0.3, -0.25) is 9.89 Å². The molecule has 98 valence electrons. The number of hydrogen-bond acceptors (Lipinski definition) is 7. The van der Waals surface area contributed by atoms with E-state index in [1.807, 2.05) is 6.92 Å². The van der Waals surface area contributed by atoms with Crippen molar-refractivity contribution in [2.45, 2.75) is 23.3 Å². The van der Waals surface area contributed by atoms with Crippen molar-refractivity contribution in [3.05, 3.63) is 26.9 Å². The summed E-state index contributed by atoms with van der Waals surface area (Å²) in [5, 5.41) is 11.5. The highest BCUT2D eigenvalue weighted by molar-refractivity contribution is 8.00. The Balaban J connectivity index is 2.07. The van der Waals surface area contributed by atoms with Crippen LogP contribution < -0.4 is 5.56 Å². The van der Waals surface area contributed by atoms with Gasteiger partial charge in [0.2, 0.25) is 10.1 Å². The lowest BCUT2D eigenvalue weighted by Crippen LogP contribution is -2.16. The topological polar surface area (TPSA) is 88.8 Å². The molecule has 0 saturated carbocycles. The van der Waals surface area contributed by atoms with E-state index in [-0.39, 0.29) is 10.6 Å². The fourth-order valence-corrected chi connectivity index (χ4v) is 3.36. The predicted molar refractivity (Wildman–Crippen MR) is 72.1 cm³/mol. The van der Waals surface area contributed by atoms with Gasteiger partial charge in [0, 0.05) is 0 Å². The van der Waals surface area contributed by atoms with E-state index in [1.165, 1.54) is 27.6 Å². The summed E-state index contributed by atoms with van der Waals surface area (Å²) in [7, 11) is 0. The number of fused-ring (bicyclic) bond motifs is 1. The summed E-state index contributed by atoms with van der Waals surface area (Å²) in [5.41, 5.74) is 0.138. The zero-order valence-electron chi connectivity index (χ0n) is 9.84. The van der Waals surface area contributed by atoms with Crippen LogP contribution in [0.3, 0.4) is 0 Å². The van der Waals surface area contributed by atoms with Gasteiger partial charge in [0.1, 0.15) is 10.8 Å². The molecule has 0 aliphatic heterocycles. The third-order valence-electron chi connectivity index (χ3n) is 2.26. The van der Waals surface area contributed by atoms with Crippen LogP contribution in [0, 0.1) is 13.8 Å². The van der Waals surface area contributed by atoms with E-state index in [4.69, 9.17) is 11.6 Å². The van der Waals surface area contributed by atoms with Crippen LogP contribution in [0.2, 0.25) is 5.02 Å². The van der Waals surface area contributed by atoms with Gasteiger partial charge in [-0.2, -0.15) is 4.52 Å². The third-order valence-corrected chi connectivity index (χ3v) is 4.52. The zero-order valence-corrected chi connectivity index (χ0v) is 12.2. The van der Waals surface area contributed by atoms with Crippen molar-refractivity contribution >= 4 is 39.7 Å². The lowest BCUT2D eigenvalue weighted by molar-refractivity contribution is 0.848. The number of halogens is 1. The first-order valence-corrected chi connectivity index (χ1v) is 7.18. The second kappa shape index (κ2) is 4.58. The molecule has 0 fully saturated rings. The van der Waals surface area contributed by atoms with Gasteiger partial charge in [-0.1, -0.05) is 22.9 Å². The van der Waals surface area contributed by atoms with Crippen molar-refractivity contribution in [2.75, 3.05) is 0 Å². The SMILES string of the molecule is Cc1nc(Sc2nn3c(=O)c(Cl)c(C)nc3s2)n[nH]1. The fourth-order valence-electron chi connectivity index (χ4n) is 1.40. The standard InChI is InChI=1S/C9H7ClN6OS2/c1-3-5(10)6(17)16-8(11-3)19-9(15-16)18-7-12-4(2)13-14-7/h1-2H3,(H,12,13,14).